The third kappa shape index (κ3) is 4.27. The Bertz CT molecular complexity index is 975. The Morgan fingerprint density at radius 2 is 1.58 bits per heavy atom. The summed E-state index contributed by atoms with van der Waals surface area (Å²) in [5.74, 6) is -0.301. The standard InChI is InChI=1S/C19H14N2O4Se/c22-18-10-14(26-15-7-9-17(21(24)25)19(23)11-15)6-8-16(18)20-12-13-4-2-1-3-5-13/h1-12,22-23H. The van der Waals surface area contributed by atoms with Crippen LogP contribution in [0.4, 0.5) is 11.4 Å². The normalized spacial score (nSPS) is 10.9. The molecule has 0 amide bonds. The van der Waals surface area contributed by atoms with E-state index in [1.54, 1.807) is 24.4 Å². The molecule has 2 N–H and O–H groups in total. The maximum atomic E-state index is 10.7. The summed E-state index contributed by atoms with van der Waals surface area (Å²) in [4.78, 5) is 14.4. The van der Waals surface area contributed by atoms with Crippen LogP contribution in [0.15, 0.2) is 71.7 Å². The fourth-order valence-corrected chi connectivity index (χ4v) is 4.07. The van der Waals surface area contributed by atoms with Crippen molar-refractivity contribution in [3.05, 3.63) is 82.4 Å². The van der Waals surface area contributed by atoms with Crippen molar-refractivity contribution in [1.29, 1.82) is 0 Å². The van der Waals surface area contributed by atoms with Gasteiger partial charge < -0.3 is 0 Å². The molecule has 0 saturated carbocycles. The van der Waals surface area contributed by atoms with Gasteiger partial charge in [0, 0.05) is 0 Å². The van der Waals surface area contributed by atoms with E-state index < -0.39 is 4.92 Å². The summed E-state index contributed by atoms with van der Waals surface area (Å²) >= 11 is -0.217. The minimum absolute atomic E-state index is 0.0580. The maximum absolute atomic E-state index is 10.7. The Kier molecular flexibility index (Phi) is 5.31. The van der Waals surface area contributed by atoms with Crippen LogP contribution >= 0.6 is 0 Å². The van der Waals surface area contributed by atoms with E-state index in [0.717, 1.165) is 14.5 Å². The van der Waals surface area contributed by atoms with Crippen molar-refractivity contribution in [2.75, 3.05) is 0 Å². The van der Waals surface area contributed by atoms with Crippen LogP contribution in [0.1, 0.15) is 5.56 Å². The van der Waals surface area contributed by atoms with E-state index in [4.69, 9.17) is 0 Å². The van der Waals surface area contributed by atoms with Gasteiger partial charge in [-0.2, -0.15) is 0 Å². The first kappa shape index (κ1) is 17.7. The van der Waals surface area contributed by atoms with Gasteiger partial charge >= 0.3 is 156 Å². The number of aromatic hydroxyl groups is 2. The fourth-order valence-electron chi connectivity index (χ4n) is 2.22. The monoisotopic (exact) mass is 414 g/mol. The molecule has 0 radical (unpaired) electrons. The summed E-state index contributed by atoms with van der Waals surface area (Å²) in [7, 11) is 0. The van der Waals surface area contributed by atoms with Gasteiger partial charge in [0.2, 0.25) is 0 Å². The quantitative estimate of drug-likeness (QED) is 0.291. The molecule has 0 aliphatic rings. The second-order valence-corrected chi connectivity index (χ2v) is 7.74. The molecule has 3 aromatic rings. The zero-order valence-electron chi connectivity index (χ0n) is 13.4. The number of hydrogen-bond acceptors (Lipinski definition) is 5. The van der Waals surface area contributed by atoms with Crippen molar-refractivity contribution in [2.45, 2.75) is 0 Å². The van der Waals surface area contributed by atoms with Crippen LogP contribution in [0.2, 0.25) is 0 Å². The molecule has 7 heteroatoms. The molecule has 0 heterocycles. The second-order valence-electron chi connectivity index (χ2n) is 5.33. The van der Waals surface area contributed by atoms with Gasteiger partial charge in [-0.25, -0.2) is 0 Å². The van der Waals surface area contributed by atoms with Crippen LogP contribution in [0.3, 0.4) is 0 Å². The predicted molar refractivity (Wildman–Crippen MR) is 102 cm³/mol. The van der Waals surface area contributed by atoms with Crippen molar-refractivity contribution in [3.63, 3.8) is 0 Å². The molecule has 0 bridgehead atoms. The van der Waals surface area contributed by atoms with Gasteiger partial charge in [0.05, 0.1) is 0 Å². The Labute approximate surface area is 155 Å². The van der Waals surface area contributed by atoms with E-state index in [1.165, 1.54) is 12.1 Å². The molecule has 130 valence electrons. The number of phenols is 2. The number of nitrogens with zero attached hydrogens (tertiary/aromatic N) is 2. The van der Waals surface area contributed by atoms with E-state index in [9.17, 15) is 20.3 Å². The van der Waals surface area contributed by atoms with Crippen molar-refractivity contribution in [2.24, 2.45) is 4.99 Å². The number of benzene rings is 3. The summed E-state index contributed by atoms with van der Waals surface area (Å²) in [5, 5.41) is 30.6. The summed E-state index contributed by atoms with van der Waals surface area (Å²) in [6.45, 7) is 0. The minimum atomic E-state index is -0.628. The SMILES string of the molecule is O=[N+]([O-])c1ccc([Se]c2ccc(N=Cc3ccccc3)c(O)c2)cc1O. The van der Waals surface area contributed by atoms with Crippen LogP contribution in [0.25, 0.3) is 0 Å². The second kappa shape index (κ2) is 7.82. The van der Waals surface area contributed by atoms with Crippen LogP contribution in [-0.4, -0.2) is 36.3 Å². The molecule has 0 aliphatic heterocycles. The van der Waals surface area contributed by atoms with Gasteiger partial charge in [-0.05, 0) is 0 Å². The molecule has 3 rings (SSSR count). The van der Waals surface area contributed by atoms with E-state index in [2.05, 4.69) is 4.99 Å². The fraction of sp³-hybridized carbons (Fsp3) is 0. The molecule has 0 saturated heterocycles. The Hall–Kier alpha value is -3.15. The first-order chi connectivity index (χ1) is 12.5. The third-order valence-corrected chi connectivity index (χ3v) is 5.53. The summed E-state index contributed by atoms with van der Waals surface area (Å²) in [5.41, 5.74) is 1.07. The molecule has 0 fully saturated rings. The average molecular weight is 413 g/mol. The number of nitro groups is 1. The van der Waals surface area contributed by atoms with E-state index in [-0.39, 0.29) is 32.1 Å². The molecule has 0 aromatic heterocycles. The topological polar surface area (TPSA) is 96.0 Å². The van der Waals surface area contributed by atoms with Gasteiger partial charge in [0.25, 0.3) is 0 Å². The summed E-state index contributed by atoms with van der Waals surface area (Å²) < 4.78 is 1.63. The van der Waals surface area contributed by atoms with Gasteiger partial charge in [0.15, 0.2) is 0 Å². The zero-order valence-corrected chi connectivity index (χ0v) is 15.2. The van der Waals surface area contributed by atoms with Crippen molar-refractivity contribution in [3.8, 4) is 11.5 Å². The molecule has 3 aromatic carbocycles. The summed E-state index contributed by atoms with van der Waals surface area (Å²) in [6.07, 6.45) is 1.67. The number of phenolic OH excluding ortho intramolecular Hbond substituents is 2. The molecule has 0 unspecified atom stereocenters. The molecular formula is C19H14N2O4Se. The number of hydrogen-bond donors (Lipinski definition) is 2. The molecule has 0 aliphatic carbocycles. The zero-order chi connectivity index (χ0) is 18.5. The number of nitro benzene ring substituents is 1. The number of aliphatic imine (C=N–C) groups is 1. The molecule has 6 nitrogen and oxygen atoms in total. The van der Waals surface area contributed by atoms with Gasteiger partial charge in [-0.15, -0.1) is 0 Å². The van der Waals surface area contributed by atoms with E-state index in [1.807, 2.05) is 36.4 Å². The molecule has 0 atom stereocenters. The molecule has 26 heavy (non-hydrogen) atoms. The van der Waals surface area contributed by atoms with Crippen molar-refractivity contribution < 1.29 is 15.1 Å². The predicted octanol–water partition coefficient (Wildman–Crippen LogP) is 2.41. The van der Waals surface area contributed by atoms with Gasteiger partial charge in [-0.3, -0.25) is 0 Å². The van der Waals surface area contributed by atoms with E-state index >= 15 is 0 Å². The first-order valence-corrected chi connectivity index (χ1v) is 9.31. The van der Waals surface area contributed by atoms with Crippen molar-refractivity contribution in [1.82, 2.24) is 0 Å². The average Bonchev–Trinajstić information content (AvgIpc) is 2.62. The Morgan fingerprint density at radius 1 is 0.923 bits per heavy atom. The van der Waals surface area contributed by atoms with Crippen LogP contribution in [0, 0.1) is 10.1 Å². The molecular weight excluding hydrogens is 399 g/mol. The Morgan fingerprint density at radius 3 is 2.19 bits per heavy atom. The van der Waals surface area contributed by atoms with Gasteiger partial charge in [-0.1, -0.05) is 0 Å². The first-order valence-electron chi connectivity index (χ1n) is 7.60. The number of rotatable bonds is 5. The Balaban J connectivity index is 1.76. The van der Waals surface area contributed by atoms with Crippen molar-refractivity contribution >= 4 is 41.5 Å². The van der Waals surface area contributed by atoms with Crippen LogP contribution in [-0.2, 0) is 0 Å². The van der Waals surface area contributed by atoms with Crippen LogP contribution in [0.5, 0.6) is 11.5 Å². The van der Waals surface area contributed by atoms with Gasteiger partial charge in [0.1, 0.15) is 0 Å². The third-order valence-electron chi connectivity index (χ3n) is 3.48. The summed E-state index contributed by atoms with van der Waals surface area (Å²) in [6, 6.07) is 19.0. The van der Waals surface area contributed by atoms with E-state index in [0.29, 0.717) is 5.69 Å². The van der Waals surface area contributed by atoms with Crippen LogP contribution < -0.4 is 8.92 Å². The molecule has 0 spiro atoms.